The van der Waals surface area contributed by atoms with Crippen molar-refractivity contribution in [2.45, 2.75) is 90.0 Å². The Morgan fingerprint density at radius 2 is 1.74 bits per heavy atom. The summed E-state index contributed by atoms with van der Waals surface area (Å²) in [5.41, 5.74) is 0. The maximum absolute atomic E-state index is 11.6. The third-order valence-electron chi connectivity index (χ3n) is 4.18. The van der Waals surface area contributed by atoms with Crippen LogP contribution < -0.4 is 5.32 Å². The van der Waals surface area contributed by atoms with Crippen molar-refractivity contribution in [3.63, 3.8) is 0 Å². The summed E-state index contributed by atoms with van der Waals surface area (Å²) in [6.07, 6.45) is 17.7. The summed E-state index contributed by atoms with van der Waals surface area (Å²) in [6, 6.07) is -0.409. The van der Waals surface area contributed by atoms with Crippen molar-refractivity contribution < 1.29 is 14.3 Å². The summed E-state index contributed by atoms with van der Waals surface area (Å²) in [5.74, 6) is -0.321. The number of nitrogens with one attached hydrogen (secondary N) is 1. The normalized spacial score (nSPS) is 17.6. The van der Waals surface area contributed by atoms with Crippen LogP contribution in [0.3, 0.4) is 0 Å². The number of carbonyl (C=O) groups is 2. The Balaban J connectivity index is 1.82. The van der Waals surface area contributed by atoms with Crippen molar-refractivity contribution in [1.82, 2.24) is 5.32 Å². The second-order valence-electron chi connectivity index (χ2n) is 6.35. The molecule has 0 aromatic heterocycles. The fraction of sp³-hybridized carbons (Fsp3) is 0.789. The molecule has 1 heterocycles. The zero-order chi connectivity index (χ0) is 16.8. The number of carbonyl (C=O) groups excluding carboxylic acids is 2. The van der Waals surface area contributed by atoms with E-state index in [2.05, 4.69) is 24.4 Å². The first-order valence-corrected chi connectivity index (χ1v) is 9.35. The van der Waals surface area contributed by atoms with Crippen LogP contribution in [0, 0.1) is 0 Å². The first-order chi connectivity index (χ1) is 11.2. The largest absolute Gasteiger partial charge is 0.464 e. The van der Waals surface area contributed by atoms with Gasteiger partial charge in [0.1, 0.15) is 6.04 Å². The van der Waals surface area contributed by atoms with E-state index < -0.39 is 6.04 Å². The van der Waals surface area contributed by atoms with Crippen LogP contribution in [0.15, 0.2) is 12.2 Å². The van der Waals surface area contributed by atoms with E-state index in [-0.39, 0.29) is 11.9 Å². The second kappa shape index (κ2) is 13.1. The molecule has 1 aliphatic rings. The van der Waals surface area contributed by atoms with Gasteiger partial charge >= 0.3 is 5.97 Å². The molecule has 1 N–H and O–H groups in total. The lowest BCUT2D eigenvalue weighted by Crippen LogP contribution is -2.34. The molecular weight excluding hydrogens is 290 g/mol. The van der Waals surface area contributed by atoms with Crippen LogP contribution in [0.1, 0.15) is 84.0 Å². The molecule has 0 saturated carbocycles. The van der Waals surface area contributed by atoms with Gasteiger partial charge in [-0.05, 0) is 32.1 Å². The van der Waals surface area contributed by atoms with Gasteiger partial charge in [0.15, 0.2) is 0 Å². The minimum atomic E-state index is -0.409. The van der Waals surface area contributed by atoms with E-state index in [1.807, 2.05) is 0 Å². The predicted molar refractivity (Wildman–Crippen MR) is 93.1 cm³/mol. The van der Waals surface area contributed by atoms with Gasteiger partial charge in [0.2, 0.25) is 5.91 Å². The van der Waals surface area contributed by atoms with Gasteiger partial charge in [-0.1, -0.05) is 57.6 Å². The van der Waals surface area contributed by atoms with Gasteiger partial charge in [0, 0.05) is 6.42 Å². The Labute approximate surface area is 141 Å². The lowest BCUT2D eigenvalue weighted by atomic mass is 10.1. The summed E-state index contributed by atoms with van der Waals surface area (Å²) >= 11 is 0. The molecule has 1 aliphatic heterocycles. The molecule has 132 valence electrons. The minimum absolute atomic E-state index is 0.0489. The Kier molecular flexibility index (Phi) is 11.3. The third-order valence-corrected chi connectivity index (χ3v) is 4.18. The van der Waals surface area contributed by atoms with Gasteiger partial charge < -0.3 is 10.1 Å². The summed E-state index contributed by atoms with van der Waals surface area (Å²) in [5, 5.41) is 2.63. The zero-order valence-electron chi connectivity index (χ0n) is 14.6. The molecule has 4 heteroatoms. The molecule has 0 aromatic carbocycles. The fourth-order valence-electron chi connectivity index (χ4n) is 2.69. The number of hydrogen-bond acceptors (Lipinski definition) is 3. The molecule has 1 atom stereocenters. The summed E-state index contributed by atoms with van der Waals surface area (Å²) in [6.45, 7) is 2.70. The molecule has 1 fully saturated rings. The lowest BCUT2D eigenvalue weighted by molar-refractivity contribution is -0.146. The number of amides is 1. The van der Waals surface area contributed by atoms with E-state index in [1.54, 1.807) is 0 Å². The monoisotopic (exact) mass is 323 g/mol. The SMILES string of the molecule is CCCC/C=C/CCCCCCCCOC(=O)[C@@H]1CCC(=O)N1. The number of ether oxygens (including phenoxy) is 1. The zero-order valence-corrected chi connectivity index (χ0v) is 14.6. The van der Waals surface area contributed by atoms with Crippen LogP contribution in [-0.2, 0) is 14.3 Å². The molecule has 0 aromatic rings. The van der Waals surface area contributed by atoms with E-state index in [1.165, 1.54) is 51.4 Å². The van der Waals surface area contributed by atoms with Crippen LogP contribution in [0.5, 0.6) is 0 Å². The number of allylic oxidation sites excluding steroid dienone is 2. The highest BCUT2D eigenvalue weighted by Crippen LogP contribution is 2.10. The van der Waals surface area contributed by atoms with E-state index in [9.17, 15) is 9.59 Å². The Morgan fingerprint density at radius 1 is 1.09 bits per heavy atom. The minimum Gasteiger partial charge on any atom is -0.464 e. The van der Waals surface area contributed by atoms with E-state index in [4.69, 9.17) is 4.74 Å². The highest BCUT2D eigenvalue weighted by Gasteiger charge is 2.28. The molecule has 1 saturated heterocycles. The van der Waals surface area contributed by atoms with Crippen molar-refractivity contribution >= 4 is 11.9 Å². The molecule has 1 amide bonds. The summed E-state index contributed by atoms with van der Waals surface area (Å²) < 4.78 is 5.20. The molecule has 0 radical (unpaired) electrons. The topological polar surface area (TPSA) is 55.4 Å². The third kappa shape index (κ3) is 10.1. The van der Waals surface area contributed by atoms with E-state index >= 15 is 0 Å². The molecule has 4 nitrogen and oxygen atoms in total. The van der Waals surface area contributed by atoms with E-state index in [0.717, 1.165) is 12.8 Å². The smallest absolute Gasteiger partial charge is 0.328 e. The average Bonchev–Trinajstić information content (AvgIpc) is 2.98. The number of unbranched alkanes of at least 4 members (excludes halogenated alkanes) is 8. The maximum Gasteiger partial charge on any atom is 0.328 e. The van der Waals surface area contributed by atoms with Gasteiger partial charge in [0.25, 0.3) is 0 Å². The van der Waals surface area contributed by atoms with Gasteiger partial charge in [-0.25, -0.2) is 4.79 Å². The lowest BCUT2D eigenvalue weighted by Gasteiger charge is -2.09. The Hall–Kier alpha value is -1.32. The van der Waals surface area contributed by atoms with Crippen LogP contribution in [-0.4, -0.2) is 24.5 Å². The summed E-state index contributed by atoms with van der Waals surface area (Å²) in [7, 11) is 0. The van der Waals surface area contributed by atoms with Crippen LogP contribution in [0.25, 0.3) is 0 Å². The van der Waals surface area contributed by atoms with Crippen LogP contribution in [0.4, 0.5) is 0 Å². The average molecular weight is 323 g/mol. The first-order valence-electron chi connectivity index (χ1n) is 9.35. The van der Waals surface area contributed by atoms with Gasteiger partial charge in [-0.3, -0.25) is 4.79 Å². The molecule has 0 unspecified atom stereocenters. The predicted octanol–water partition coefficient (Wildman–Crippen LogP) is 4.29. The summed E-state index contributed by atoms with van der Waals surface area (Å²) in [4.78, 5) is 22.7. The van der Waals surface area contributed by atoms with Crippen molar-refractivity contribution in [2.75, 3.05) is 6.61 Å². The van der Waals surface area contributed by atoms with Gasteiger partial charge in [-0.15, -0.1) is 0 Å². The number of esters is 1. The van der Waals surface area contributed by atoms with E-state index in [0.29, 0.717) is 19.4 Å². The molecular formula is C19H33NO3. The van der Waals surface area contributed by atoms with Crippen molar-refractivity contribution in [1.29, 1.82) is 0 Å². The van der Waals surface area contributed by atoms with Crippen LogP contribution in [0.2, 0.25) is 0 Å². The highest BCUT2D eigenvalue weighted by molar-refractivity contribution is 5.87. The second-order valence-corrected chi connectivity index (χ2v) is 6.35. The number of rotatable bonds is 13. The maximum atomic E-state index is 11.6. The molecule has 1 rings (SSSR count). The molecule has 0 aliphatic carbocycles. The quantitative estimate of drug-likeness (QED) is 0.312. The highest BCUT2D eigenvalue weighted by atomic mass is 16.5. The van der Waals surface area contributed by atoms with Crippen LogP contribution >= 0.6 is 0 Å². The number of hydrogen-bond donors (Lipinski definition) is 1. The molecule has 0 spiro atoms. The van der Waals surface area contributed by atoms with Crippen molar-refractivity contribution in [3.05, 3.63) is 12.2 Å². The van der Waals surface area contributed by atoms with Gasteiger partial charge in [-0.2, -0.15) is 0 Å². The fourth-order valence-corrected chi connectivity index (χ4v) is 2.69. The van der Waals surface area contributed by atoms with Crippen molar-refractivity contribution in [3.8, 4) is 0 Å². The standard InChI is InChI=1S/C19H33NO3/c1-2-3-4-5-6-7-8-9-10-11-12-13-16-23-19(22)17-14-15-18(21)20-17/h5-6,17H,2-4,7-16H2,1H3,(H,20,21)/b6-5+/t17-/m0/s1. The Bertz CT molecular complexity index is 366. The molecule has 0 bridgehead atoms. The first kappa shape index (κ1) is 19.7. The molecule has 23 heavy (non-hydrogen) atoms. The van der Waals surface area contributed by atoms with Crippen molar-refractivity contribution in [2.24, 2.45) is 0 Å². The van der Waals surface area contributed by atoms with Gasteiger partial charge in [0.05, 0.1) is 6.61 Å². The Morgan fingerprint density at radius 3 is 2.39 bits per heavy atom.